The Balaban J connectivity index is 0.00000256. The van der Waals surface area contributed by atoms with Crippen molar-refractivity contribution in [2.24, 2.45) is 5.92 Å². The topological polar surface area (TPSA) is 70.6 Å². The first-order valence-electron chi connectivity index (χ1n) is 5.86. The van der Waals surface area contributed by atoms with Gasteiger partial charge in [0, 0.05) is 13.1 Å². The van der Waals surface area contributed by atoms with Gasteiger partial charge in [-0.1, -0.05) is 13.8 Å². The molecule has 102 valence electrons. The van der Waals surface area contributed by atoms with Gasteiger partial charge < -0.3 is 20.5 Å². The number of aliphatic hydroxyl groups excluding tert-OH is 1. The minimum Gasteiger partial charge on any atom is -0.391 e. The molecule has 5 nitrogen and oxygen atoms in total. The van der Waals surface area contributed by atoms with Crippen LogP contribution in [0.25, 0.3) is 0 Å². The lowest BCUT2D eigenvalue weighted by Gasteiger charge is -2.23. The third kappa shape index (κ3) is 6.83. The summed E-state index contributed by atoms with van der Waals surface area (Å²) in [6.07, 6.45) is 0.239. The van der Waals surface area contributed by atoms with Gasteiger partial charge in [-0.15, -0.1) is 12.4 Å². The molecule has 0 aromatic rings. The van der Waals surface area contributed by atoms with Crippen molar-refractivity contribution in [1.29, 1.82) is 0 Å². The normalized spacial score (nSPS) is 21.8. The molecule has 17 heavy (non-hydrogen) atoms. The van der Waals surface area contributed by atoms with E-state index in [1.165, 1.54) is 0 Å². The number of hydrogen-bond donors (Lipinski definition) is 3. The van der Waals surface area contributed by atoms with Crippen LogP contribution in [-0.2, 0) is 9.53 Å². The van der Waals surface area contributed by atoms with Crippen molar-refractivity contribution in [3.8, 4) is 0 Å². The van der Waals surface area contributed by atoms with Crippen LogP contribution < -0.4 is 10.6 Å². The third-order valence-electron chi connectivity index (χ3n) is 2.49. The van der Waals surface area contributed by atoms with Gasteiger partial charge in [0.15, 0.2) is 0 Å². The van der Waals surface area contributed by atoms with Gasteiger partial charge >= 0.3 is 0 Å². The summed E-state index contributed by atoms with van der Waals surface area (Å²) in [4.78, 5) is 11.6. The molecule has 0 aromatic carbocycles. The van der Waals surface area contributed by atoms with E-state index in [-0.39, 0.29) is 24.4 Å². The van der Waals surface area contributed by atoms with E-state index in [4.69, 9.17) is 4.74 Å². The molecule has 0 spiro atoms. The second-order valence-corrected chi connectivity index (χ2v) is 4.61. The second-order valence-electron chi connectivity index (χ2n) is 4.61. The van der Waals surface area contributed by atoms with Crippen molar-refractivity contribution in [1.82, 2.24) is 10.6 Å². The van der Waals surface area contributed by atoms with Crippen LogP contribution in [0.15, 0.2) is 0 Å². The molecule has 1 rings (SSSR count). The van der Waals surface area contributed by atoms with Crippen molar-refractivity contribution in [3.63, 3.8) is 0 Å². The first kappa shape index (κ1) is 16.6. The lowest BCUT2D eigenvalue weighted by atomic mass is 10.1. The highest BCUT2D eigenvalue weighted by Crippen LogP contribution is 2.03. The van der Waals surface area contributed by atoms with Gasteiger partial charge in [-0.3, -0.25) is 4.79 Å². The van der Waals surface area contributed by atoms with Crippen molar-refractivity contribution in [2.75, 3.05) is 26.3 Å². The second kappa shape index (κ2) is 8.69. The smallest absolute Gasteiger partial charge is 0.239 e. The molecule has 1 fully saturated rings. The van der Waals surface area contributed by atoms with Gasteiger partial charge in [0.1, 0.15) is 6.04 Å². The molecular weight excluding hydrogens is 244 g/mol. The molecular formula is C11H23ClN2O3. The summed E-state index contributed by atoms with van der Waals surface area (Å²) >= 11 is 0. The Morgan fingerprint density at radius 2 is 2.29 bits per heavy atom. The van der Waals surface area contributed by atoms with Crippen molar-refractivity contribution in [3.05, 3.63) is 0 Å². The molecule has 1 saturated heterocycles. The van der Waals surface area contributed by atoms with Crippen LogP contribution >= 0.6 is 12.4 Å². The first-order chi connectivity index (χ1) is 7.59. The molecule has 1 amide bonds. The molecule has 1 aliphatic rings. The number of nitrogens with one attached hydrogen (secondary N) is 2. The average molecular weight is 267 g/mol. The Morgan fingerprint density at radius 1 is 1.59 bits per heavy atom. The number of ether oxygens (including phenoxy) is 1. The zero-order valence-electron chi connectivity index (χ0n) is 10.4. The predicted octanol–water partition coefficient (Wildman–Crippen LogP) is -0.0802. The van der Waals surface area contributed by atoms with Crippen molar-refractivity contribution in [2.45, 2.75) is 32.4 Å². The number of rotatable bonds is 5. The Morgan fingerprint density at radius 3 is 2.82 bits per heavy atom. The summed E-state index contributed by atoms with van der Waals surface area (Å²) < 4.78 is 5.19. The Kier molecular flexibility index (Phi) is 8.51. The van der Waals surface area contributed by atoms with Gasteiger partial charge in [0.05, 0.1) is 19.3 Å². The highest BCUT2D eigenvalue weighted by molar-refractivity contribution is 5.85. The molecule has 0 aromatic heterocycles. The molecule has 1 heterocycles. The molecule has 3 N–H and O–H groups in total. The first-order valence-corrected chi connectivity index (χ1v) is 5.86. The number of morpholine rings is 1. The van der Waals surface area contributed by atoms with Crippen LogP contribution in [0.2, 0.25) is 0 Å². The van der Waals surface area contributed by atoms with Crippen LogP contribution in [0.4, 0.5) is 0 Å². The van der Waals surface area contributed by atoms with Gasteiger partial charge in [0.25, 0.3) is 0 Å². The molecule has 0 saturated carbocycles. The van der Waals surface area contributed by atoms with Gasteiger partial charge in [0.2, 0.25) is 5.91 Å². The zero-order chi connectivity index (χ0) is 12.0. The van der Waals surface area contributed by atoms with Crippen molar-refractivity contribution >= 4 is 18.3 Å². The van der Waals surface area contributed by atoms with Crippen LogP contribution in [0.1, 0.15) is 20.3 Å². The maximum absolute atomic E-state index is 11.6. The van der Waals surface area contributed by atoms with E-state index in [2.05, 4.69) is 10.6 Å². The van der Waals surface area contributed by atoms with E-state index in [9.17, 15) is 9.90 Å². The number of amides is 1. The summed E-state index contributed by atoms with van der Waals surface area (Å²) in [7, 11) is 0. The summed E-state index contributed by atoms with van der Waals surface area (Å²) in [5, 5.41) is 15.4. The molecule has 2 unspecified atom stereocenters. The average Bonchev–Trinajstić information content (AvgIpc) is 2.26. The fraction of sp³-hybridized carbons (Fsp3) is 0.909. The monoisotopic (exact) mass is 266 g/mol. The SMILES string of the molecule is CC(C)CC(O)CNC(=O)C1COCCN1.Cl. The molecule has 0 aliphatic carbocycles. The molecule has 2 atom stereocenters. The number of hydrogen-bond acceptors (Lipinski definition) is 4. The van der Waals surface area contributed by atoms with Gasteiger partial charge in [-0.05, 0) is 12.3 Å². The minimum absolute atomic E-state index is 0. The molecule has 0 bridgehead atoms. The fourth-order valence-electron chi connectivity index (χ4n) is 1.70. The lowest BCUT2D eigenvalue weighted by molar-refractivity contribution is -0.126. The van der Waals surface area contributed by atoms with E-state index < -0.39 is 6.10 Å². The maximum atomic E-state index is 11.6. The summed E-state index contributed by atoms with van der Waals surface area (Å²) in [6, 6.07) is -0.278. The number of aliphatic hydroxyl groups is 1. The van der Waals surface area contributed by atoms with Crippen LogP contribution in [0, 0.1) is 5.92 Å². The van der Waals surface area contributed by atoms with Crippen molar-refractivity contribution < 1.29 is 14.6 Å². The Bertz CT molecular complexity index is 221. The van der Waals surface area contributed by atoms with Crippen LogP contribution in [-0.4, -0.2) is 49.5 Å². The van der Waals surface area contributed by atoms with Crippen LogP contribution in [0.3, 0.4) is 0 Å². The van der Waals surface area contributed by atoms with E-state index in [1.807, 2.05) is 13.8 Å². The van der Waals surface area contributed by atoms with Gasteiger partial charge in [-0.2, -0.15) is 0 Å². The predicted molar refractivity (Wildman–Crippen MR) is 68.3 cm³/mol. The summed E-state index contributed by atoms with van der Waals surface area (Å²) in [5.74, 6) is 0.338. The number of carbonyl (C=O) groups excluding carboxylic acids is 1. The Labute approximate surface area is 109 Å². The molecule has 1 aliphatic heterocycles. The van der Waals surface area contributed by atoms with E-state index in [0.717, 1.165) is 0 Å². The highest BCUT2D eigenvalue weighted by Gasteiger charge is 2.21. The maximum Gasteiger partial charge on any atom is 0.239 e. The lowest BCUT2D eigenvalue weighted by Crippen LogP contribution is -2.52. The molecule has 0 radical (unpaired) electrons. The summed E-state index contributed by atoms with van der Waals surface area (Å²) in [6.45, 7) is 6.16. The Hall–Kier alpha value is -0.360. The standard InChI is InChI=1S/C11H22N2O3.ClH/c1-8(2)5-9(14)6-13-11(15)10-7-16-4-3-12-10;/h8-10,12,14H,3-7H2,1-2H3,(H,13,15);1H. The third-order valence-corrected chi connectivity index (χ3v) is 2.49. The molecule has 6 heteroatoms. The van der Waals surface area contributed by atoms with E-state index in [1.54, 1.807) is 0 Å². The number of halogens is 1. The fourth-order valence-corrected chi connectivity index (χ4v) is 1.70. The van der Waals surface area contributed by atoms with E-state index >= 15 is 0 Å². The quantitative estimate of drug-likeness (QED) is 0.651. The number of carbonyl (C=O) groups is 1. The van der Waals surface area contributed by atoms with Crippen LogP contribution in [0.5, 0.6) is 0 Å². The van der Waals surface area contributed by atoms with E-state index in [0.29, 0.717) is 38.6 Å². The minimum atomic E-state index is -0.464. The zero-order valence-corrected chi connectivity index (χ0v) is 11.3. The highest BCUT2D eigenvalue weighted by atomic mass is 35.5. The van der Waals surface area contributed by atoms with Gasteiger partial charge in [-0.25, -0.2) is 0 Å². The summed E-state index contributed by atoms with van der Waals surface area (Å²) in [5.41, 5.74) is 0. The largest absolute Gasteiger partial charge is 0.391 e.